The van der Waals surface area contributed by atoms with Gasteiger partial charge in [0, 0.05) is 19.0 Å². The molecule has 0 aliphatic carbocycles. The molecule has 2 aromatic heterocycles. The van der Waals surface area contributed by atoms with E-state index in [0.29, 0.717) is 49.7 Å². The van der Waals surface area contributed by atoms with Crippen molar-refractivity contribution < 1.29 is 9.53 Å². The monoisotopic (exact) mass is 458 g/mol. The smallest absolute Gasteiger partial charge is 0.281 e. The zero-order valence-electron chi connectivity index (χ0n) is 19.0. The molecule has 1 aliphatic rings. The number of fused-ring (bicyclic) bond motifs is 1. The van der Waals surface area contributed by atoms with E-state index < -0.39 is 0 Å². The van der Waals surface area contributed by atoms with Crippen LogP contribution < -0.4 is 10.3 Å². The van der Waals surface area contributed by atoms with Gasteiger partial charge in [-0.15, -0.1) is 5.10 Å². The van der Waals surface area contributed by atoms with Gasteiger partial charge in [0.2, 0.25) is 0 Å². The van der Waals surface area contributed by atoms with Crippen LogP contribution in [0.2, 0.25) is 0 Å². The number of rotatable bonds is 6. The van der Waals surface area contributed by atoms with E-state index in [2.05, 4.69) is 15.3 Å². The van der Waals surface area contributed by atoms with Crippen LogP contribution >= 0.6 is 0 Å². The van der Waals surface area contributed by atoms with Gasteiger partial charge >= 0.3 is 0 Å². The van der Waals surface area contributed by atoms with Crippen LogP contribution in [0.5, 0.6) is 5.75 Å². The largest absolute Gasteiger partial charge is 0.484 e. The summed E-state index contributed by atoms with van der Waals surface area (Å²) < 4.78 is 7.29. The molecule has 4 aromatic rings. The average Bonchev–Trinajstić information content (AvgIpc) is 3.27. The fraction of sp³-hybridized carbons (Fsp3) is 0.320. The number of aromatic amines is 1. The van der Waals surface area contributed by atoms with E-state index in [0.717, 1.165) is 11.1 Å². The molecular weight excluding hydrogens is 432 g/mol. The Balaban J connectivity index is 1.24. The first-order valence-corrected chi connectivity index (χ1v) is 11.4. The molecule has 2 aromatic carbocycles. The standard InChI is InChI=1S/C25H26N6O3/c1-17-7-9-20(10-8-17)34-16-21(32)30-13-11-19(12-14-30)23-26-24-22(25(33)27-23)28-29-31(24)15-18-5-3-2-4-6-18/h2-10,19H,11-16H2,1H3,(H,26,27,33). The van der Waals surface area contributed by atoms with Gasteiger partial charge in [-0.1, -0.05) is 53.2 Å². The summed E-state index contributed by atoms with van der Waals surface area (Å²) in [5, 5.41) is 8.17. The number of aromatic nitrogens is 5. The molecule has 1 amide bonds. The molecule has 5 rings (SSSR count). The van der Waals surface area contributed by atoms with Crippen LogP contribution in [-0.4, -0.2) is 55.5 Å². The molecule has 0 atom stereocenters. The van der Waals surface area contributed by atoms with Gasteiger partial charge in [-0.25, -0.2) is 9.67 Å². The van der Waals surface area contributed by atoms with Crippen molar-refractivity contribution in [1.82, 2.24) is 29.9 Å². The minimum absolute atomic E-state index is 0.0130. The highest BCUT2D eigenvalue weighted by molar-refractivity contribution is 5.78. The van der Waals surface area contributed by atoms with Crippen LogP contribution in [0.3, 0.4) is 0 Å². The molecule has 9 heteroatoms. The van der Waals surface area contributed by atoms with Crippen molar-refractivity contribution in [1.29, 1.82) is 0 Å². The van der Waals surface area contributed by atoms with E-state index in [1.807, 2.05) is 66.4 Å². The molecule has 174 valence electrons. The van der Waals surface area contributed by atoms with Crippen molar-refractivity contribution >= 4 is 17.1 Å². The lowest BCUT2D eigenvalue weighted by Crippen LogP contribution is -2.41. The highest BCUT2D eigenvalue weighted by Crippen LogP contribution is 2.26. The van der Waals surface area contributed by atoms with Crippen molar-refractivity contribution in [3.63, 3.8) is 0 Å². The Morgan fingerprint density at radius 1 is 1.09 bits per heavy atom. The van der Waals surface area contributed by atoms with E-state index in [4.69, 9.17) is 9.72 Å². The van der Waals surface area contributed by atoms with Gasteiger partial charge < -0.3 is 14.6 Å². The summed E-state index contributed by atoms with van der Waals surface area (Å²) in [6.45, 7) is 3.68. The van der Waals surface area contributed by atoms with E-state index in [9.17, 15) is 9.59 Å². The molecule has 1 saturated heterocycles. The van der Waals surface area contributed by atoms with Crippen molar-refractivity contribution in [3.05, 3.63) is 81.9 Å². The highest BCUT2D eigenvalue weighted by Gasteiger charge is 2.26. The molecule has 1 fully saturated rings. The normalized spacial score (nSPS) is 14.4. The van der Waals surface area contributed by atoms with Crippen molar-refractivity contribution in [2.24, 2.45) is 0 Å². The second-order valence-corrected chi connectivity index (χ2v) is 8.61. The van der Waals surface area contributed by atoms with Gasteiger partial charge in [0.25, 0.3) is 11.5 Å². The Bertz CT molecular complexity index is 1340. The Kier molecular flexibility index (Phi) is 6.07. The second kappa shape index (κ2) is 9.46. The number of piperidine rings is 1. The van der Waals surface area contributed by atoms with E-state index in [-0.39, 0.29) is 29.5 Å². The van der Waals surface area contributed by atoms with Crippen LogP contribution in [0.1, 0.15) is 35.7 Å². The Labute approximate surface area is 196 Å². The maximum Gasteiger partial charge on any atom is 0.281 e. The summed E-state index contributed by atoms with van der Waals surface area (Å²) >= 11 is 0. The van der Waals surface area contributed by atoms with Gasteiger partial charge in [0.15, 0.2) is 17.8 Å². The SMILES string of the molecule is Cc1ccc(OCC(=O)N2CCC(c3nc4c(nnn4Cc4ccccc4)c(=O)[nH]3)CC2)cc1. The Morgan fingerprint density at radius 2 is 1.82 bits per heavy atom. The van der Waals surface area contributed by atoms with E-state index >= 15 is 0 Å². The number of carbonyl (C=O) groups is 1. The van der Waals surface area contributed by atoms with Crippen molar-refractivity contribution in [2.45, 2.75) is 32.2 Å². The maximum absolute atomic E-state index is 12.6. The van der Waals surface area contributed by atoms with Crippen LogP contribution in [0.15, 0.2) is 59.4 Å². The third kappa shape index (κ3) is 4.68. The van der Waals surface area contributed by atoms with Gasteiger partial charge in [-0.3, -0.25) is 9.59 Å². The summed E-state index contributed by atoms with van der Waals surface area (Å²) in [7, 11) is 0. The molecule has 1 aliphatic heterocycles. The molecular formula is C25H26N6O3. The van der Waals surface area contributed by atoms with Crippen LogP contribution in [-0.2, 0) is 11.3 Å². The van der Waals surface area contributed by atoms with Gasteiger partial charge in [0.1, 0.15) is 11.6 Å². The van der Waals surface area contributed by atoms with Crippen molar-refractivity contribution in [2.75, 3.05) is 19.7 Å². The fourth-order valence-electron chi connectivity index (χ4n) is 4.21. The fourth-order valence-corrected chi connectivity index (χ4v) is 4.21. The second-order valence-electron chi connectivity index (χ2n) is 8.61. The minimum atomic E-state index is -0.288. The molecule has 0 spiro atoms. The van der Waals surface area contributed by atoms with Crippen LogP contribution in [0, 0.1) is 6.92 Å². The molecule has 34 heavy (non-hydrogen) atoms. The number of amides is 1. The number of likely N-dealkylation sites (tertiary alicyclic amines) is 1. The third-order valence-corrected chi connectivity index (χ3v) is 6.18. The maximum atomic E-state index is 12.6. The number of H-pyrrole nitrogens is 1. The minimum Gasteiger partial charge on any atom is -0.484 e. The molecule has 1 N–H and O–H groups in total. The Morgan fingerprint density at radius 3 is 2.56 bits per heavy atom. The van der Waals surface area contributed by atoms with Gasteiger partial charge in [0.05, 0.1) is 6.54 Å². The number of benzene rings is 2. The molecule has 0 radical (unpaired) electrons. The summed E-state index contributed by atoms with van der Waals surface area (Å²) in [5.41, 5.74) is 2.62. The lowest BCUT2D eigenvalue weighted by atomic mass is 9.96. The number of nitrogens with zero attached hydrogens (tertiary/aromatic N) is 5. The predicted molar refractivity (Wildman–Crippen MR) is 127 cm³/mol. The summed E-state index contributed by atoms with van der Waals surface area (Å²) in [5.74, 6) is 1.32. The number of aryl methyl sites for hydroxylation is 1. The number of carbonyl (C=O) groups excluding carboxylic acids is 1. The number of ether oxygens (including phenoxy) is 1. The first-order chi connectivity index (χ1) is 16.6. The molecule has 9 nitrogen and oxygen atoms in total. The molecule has 3 heterocycles. The lowest BCUT2D eigenvalue weighted by Gasteiger charge is -2.31. The molecule has 0 bridgehead atoms. The first kappa shape index (κ1) is 21.8. The zero-order chi connectivity index (χ0) is 23.5. The van der Waals surface area contributed by atoms with Gasteiger partial charge in [-0.05, 0) is 37.5 Å². The first-order valence-electron chi connectivity index (χ1n) is 11.4. The summed E-state index contributed by atoms with van der Waals surface area (Å²) in [6.07, 6.45) is 1.43. The quantitative estimate of drug-likeness (QED) is 0.476. The highest BCUT2D eigenvalue weighted by atomic mass is 16.5. The van der Waals surface area contributed by atoms with E-state index in [1.165, 1.54) is 0 Å². The number of nitrogens with one attached hydrogen (secondary N) is 1. The van der Waals surface area contributed by atoms with Crippen molar-refractivity contribution in [3.8, 4) is 5.75 Å². The third-order valence-electron chi connectivity index (χ3n) is 6.18. The summed E-state index contributed by atoms with van der Waals surface area (Å²) in [6, 6.07) is 17.5. The number of hydrogen-bond donors (Lipinski definition) is 1. The zero-order valence-corrected chi connectivity index (χ0v) is 19.0. The predicted octanol–water partition coefficient (Wildman–Crippen LogP) is 2.66. The average molecular weight is 459 g/mol. The van der Waals surface area contributed by atoms with Crippen LogP contribution in [0.4, 0.5) is 0 Å². The lowest BCUT2D eigenvalue weighted by molar-refractivity contribution is -0.134. The van der Waals surface area contributed by atoms with E-state index in [1.54, 1.807) is 4.68 Å². The topological polar surface area (TPSA) is 106 Å². The summed E-state index contributed by atoms with van der Waals surface area (Å²) in [4.78, 5) is 34.6. The molecule has 0 unspecified atom stereocenters. The number of hydrogen-bond acceptors (Lipinski definition) is 6. The Hall–Kier alpha value is -4.01. The van der Waals surface area contributed by atoms with Crippen LogP contribution in [0.25, 0.3) is 11.2 Å². The molecule has 0 saturated carbocycles. The van der Waals surface area contributed by atoms with Gasteiger partial charge in [-0.2, -0.15) is 0 Å².